The van der Waals surface area contributed by atoms with E-state index in [9.17, 15) is 4.79 Å². The lowest BCUT2D eigenvalue weighted by Gasteiger charge is -2.15. The van der Waals surface area contributed by atoms with E-state index in [1.807, 2.05) is 0 Å². The summed E-state index contributed by atoms with van der Waals surface area (Å²) in [6, 6.07) is 6.59. The molecule has 0 fully saturated rings. The van der Waals surface area contributed by atoms with E-state index in [1.54, 1.807) is 37.4 Å². The van der Waals surface area contributed by atoms with Crippen LogP contribution in [-0.4, -0.2) is 17.0 Å². The van der Waals surface area contributed by atoms with Gasteiger partial charge < -0.3 is 15.8 Å². The number of pyridine rings is 1. The van der Waals surface area contributed by atoms with Gasteiger partial charge in [0.25, 0.3) is 5.91 Å². The number of nitrogens with one attached hydrogen (secondary N) is 1. The fourth-order valence-electron chi connectivity index (χ4n) is 1.59. The Morgan fingerprint density at radius 1 is 1.43 bits per heavy atom. The highest BCUT2D eigenvalue weighted by molar-refractivity contribution is 9.10. The third kappa shape index (κ3) is 4.34. The molecule has 5 nitrogen and oxygen atoms in total. The van der Waals surface area contributed by atoms with E-state index in [2.05, 4.69) is 26.2 Å². The number of amides is 1. The van der Waals surface area contributed by atoms with E-state index in [1.165, 1.54) is 6.20 Å². The maximum atomic E-state index is 12.1. The average molecular weight is 371 g/mol. The zero-order valence-corrected chi connectivity index (χ0v) is 13.5. The minimum atomic E-state index is -0.709. The van der Waals surface area contributed by atoms with Crippen LogP contribution < -0.4 is 15.8 Å². The standard InChI is InChI=1S/C14H13BrClN3O2/c1-8(21-11-4-9(15)6-18-7-11)14(20)19-13-5-10(16)2-3-12(13)17/h2-8H,17H2,1H3,(H,19,20). The van der Waals surface area contributed by atoms with Crippen LogP contribution in [0, 0.1) is 0 Å². The number of nitrogens with zero attached hydrogens (tertiary/aromatic N) is 1. The molecule has 1 heterocycles. The number of hydrogen-bond donors (Lipinski definition) is 2. The Kier molecular flexibility index (Phi) is 5.03. The molecule has 0 saturated heterocycles. The summed E-state index contributed by atoms with van der Waals surface area (Å²) in [5.41, 5.74) is 6.67. The molecule has 0 aliphatic rings. The Morgan fingerprint density at radius 2 is 2.19 bits per heavy atom. The molecular formula is C14H13BrClN3O2. The fraction of sp³-hybridized carbons (Fsp3) is 0.143. The quantitative estimate of drug-likeness (QED) is 0.808. The number of benzene rings is 1. The van der Waals surface area contributed by atoms with Gasteiger partial charge in [0, 0.05) is 15.7 Å². The second-order valence-electron chi connectivity index (χ2n) is 4.32. The van der Waals surface area contributed by atoms with Crippen molar-refractivity contribution in [2.24, 2.45) is 0 Å². The van der Waals surface area contributed by atoms with Gasteiger partial charge in [0.15, 0.2) is 6.10 Å². The van der Waals surface area contributed by atoms with Crippen molar-refractivity contribution in [2.45, 2.75) is 13.0 Å². The number of nitrogens with two attached hydrogens (primary N) is 1. The van der Waals surface area contributed by atoms with Gasteiger partial charge in [-0.05, 0) is 47.1 Å². The highest BCUT2D eigenvalue weighted by Crippen LogP contribution is 2.23. The molecule has 21 heavy (non-hydrogen) atoms. The smallest absolute Gasteiger partial charge is 0.265 e. The molecular weight excluding hydrogens is 358 g/mol. The molecule has 0 aliphatic heterocycles. The molecule has 7 heteroatoms. The van der Waals surface area contributed by atoms with Crippen molar-refractivity contribution >= 4 is 44.8 Å². The van der Waals surface area contributed by atoms with Crippen LogP contribution in [0.2, 0.25) is 5.02 Å². The van der Waals surface area contributed by atoms with E-state index in [4.69, 9.17) is 22.1 Å². The highest BCUT2D eigenvalue weighted by Gasteiger charge is 2.16. The van der Waals surface area contributed by atoms with Crippen molar-refractivity contribution in [2.75, 3.05) is 11.1 Å². The van der Waals surface area contributed by atoms with Crippen LogP contribution in [-0.2, 0) is 4.79 Å². The van der Waals surface area contributed by atoms with Crippen LogP contribution in [0.1, 0.15) is 6.92 Å². The van der Waals surface area contributed by atoms with Crippen molar-refractivity contribution in [3.8, 4) is 5.75 Å². The molecule has 1 unspecified atom stereocenters. The lowest BCUT2D eigenvalue weighted by molar-refractivity contribution is -0.122. The summed E-state index contributed by atoms with van der Waals surface area (Å²) in [6.45, 7) is 1.64. The van der Waals surface area contributed by atoms with E-state index in [0.29, 0.717) is 22.1 Å². The number of hydrogen-bond acceptors (Lipinski definition) is 4. The lowest BCUT2D eigenvalue weighted by Crippen LogP contribution is -2.30. The van der Waals surface area contributed by atoms with Gasteiger partial charge in [0.2, 0.25) is 0 Å². The predicted octanol–water partition coefficient (Wildman–Crippen LogP) is 3.49. The zero-order chi connectivity index (χ0) is 15.4. The maximum absolute atomic E-state index is 12.1. The van der Waals surface area contributed by atoms with Crippen molar-refractivity contribution in [3.63, 3.8) is 0 Å². The summed E-state index contributed by atoms with van der Waals surface area (Å²) < 4.78 is 6.29. The second-order valence-corrected chi connectivity index (χ2v) is 5.67. The van der Waals surface area contributed by atoms with E-state index in [0.717, 1.165) is 4.47 Å². The predicted molar refractivity (Wildman–Crippen MR) is 86.5 cm³/mol. The number of aromatic nitrogens is 1. The van der Waals surface area contributed by atoms with Crippen molar-refractivity contribution in [1.29, 1.82) is 0 Å². The first-order chi connectivity index (χ1) is 9.95. The molecule has 2 rings (SSSR count). The first kappa shape index (κ1) is 15.6. The molecule has 0 bridgehead atoms. The molecule has 3 N–H and O–H groups in total. The number of carbonyl (C=O) groups excluding carboxylic acids is 1. The third-order valence-corrected chi connectivity index (χ3v) is 3.30. The molecule has 0 radical (unpaired) electrons. The average Bonchev–Trinajstić information content (AvgIpc) is 2.43. The monoisotopic (exact) mass is 369 g/mol. The molecule has 2 aromatic rings. The van der Waals surface area contributed by atoms with Gasteiger partial charge >= 0.3 is 0 Å². The number of carbonyl (C=O) groups is 1. The van der Waals surface area contributed by atoms with Gasteiger partial charge in [-0.3, -0.25) is 9.78 Å². The molecule has 0 spiro atoms. The van der Waals surface area contributed by atoms with Crippen LogP contribution in [0.5, 0.6) is 5.75 Å². The number of nitrogen functional groups attached to an aromatic ring is 1. The number of anilines is 2. The van der Waals surface area contributed by atoms with E-state index in [-0.39, 0.29) is 5.91 Å². The summed E-state index contributed by atoms with van der Waals surface area (Å²) in [5, 5.41) is 3.17. The maximum Gasteiger partial charge on any atom is 0.265 e. The summed E-state index contributed by atoms with van der Waals surface area (Å²) in [5.74, 6) is 0.162. The Labute approximate surface area is 135 Å². The van der Waals surface area contributed by atoms with Gasteiger partial charge in [-0.1, -0.05) is 11.6 Å². The normalized spacial score (nSPS) is 11.8. The SMILES string of the molecule is CC(Oc1cncc(Br)c1)C(=O)Nc1cc(Cl)ccc1N. The minimum Gasteiger partial charge on any atom is -0.479 e. The summed E-state index contributed by atoms with van der Waals surface area (Å²) in [6.07, 6.45) is 2.45. The van der Waals surface area contributed by atoms with Gasteiger partial charge in [-0.25, -0.2) is 0 Å². The lowest BCUT2D eigenvalue weighted by atomic mass is 10.2. The third-order valence-electron chi connectivity index (χ3n) is 2.64. The Balaban J connectivity index is 2.04. The van der Waals surface area contributed by atoms with Crippen LogP contribution in [0.3, 0.4) is 0 Å². The number of ether oxygens (including phenoxy) is 1. The first-order valence-corrected chi connectivity index (χ1v) is 7.26. The van der Waals surface area contributed by atoms with Crippen molar-refractivity contribution in [1.82, 2.24) is 4.98 Å². The number of halogens is 2. The van der Waals surface area contributed by atoms with Crippen molar-refractivity contribution in [3.05, 3.63) is 46.2 Å². The van der Waals surface area contributed by atoms with E-state index >= 15 is 0 Å². The molecule has 0 saturated carbocycles. The minimum absolute atomic E-state index is 0.330. The summed E-state index contributed by atoms with van der Waals surface area (Å²) in [7, 11) is 0. The van der Waals surface area contributed by atoms with Crippen LogP contribution in [0.15, 0.2) is 41.1 Å². The van der Waals surface area contributed by atoms with Gasteiger partial charge in [-0.15, -0.1) is 0 Å². The second kappa shape index (κ2) is 6.78. The van der Waals surface area contributed by atoms with Gasteiger partial charge in [-0.2, -0.15) is 0 Å². The van der Waals surface area contributed by atoms with E-state index < -0.39 is 6.10 Å². The molecule has 1 amide bonds. The van der Waals surface area contributed by atoms with Gasteiger partial charge in [0.1, 0.15) is 5.75 Å². The summed E-state index contributed by atoms with van der Waals surface area (Å²) in [4.78, 5) is 16.1. The fourth-order valence-corrected chi connectivity index (χ4v) is 2.10. The van der Waals surface area contributed by atoms with Crippen LogP contribution >= 0.6 is 27.5 Å². The Morgan fingerprint density at radius 3 is 2.90 bits per heavy atom. The van der Waals surface area contributed by atoms with Crippen LogP contribution in [0.25, 0.3) is 0 Å². The largest absolute Gasteiger partial charge is 0.479 e. The van der Waals surface area contributed by atoms with Crippen LogP contribution in [0.4, 0.5) is 11.4 Å². The number of rotatable bonds is 4. The Hall–Kier alpha value is -1.79. The highest BCUT2D eigenvalue weighted by atomic mass is 79.9. The molecule has 1 atom stereocenters. The first-order valence-electron chi connectivity index (χ1n) is 6.09. The Bertz CT molecular complexity index is 666. The summed E-state index contributed by atoms with van der Waals surface area (Å²) >= 11 is 9.16. The zero-order valence-electron chi connectivity index (χ0n) is 11.1. The van der Waals surface area contributed by atoms with Gasteiger partial charge in [0.05, 0.1) is 17.6 Å². The molecule has 110 valence electrons. The molecule has 1 aromatic heterocycles. The molecule has 0 aliphatic carbocycles. The molecule has 1 aromatic carbocycles. The topological polar surface area (TPSA) is 77.2 Å². The van der Waals surface area contributed by atoms with Crippen molar-refractivity contribution < 1.29 is 9.53 Å².